The molecule has 0 saturated heterocycles. The average molecular weight is 334 g/mol. The van der Waals surface area contributed by atoms with Crippen molar-refractivity contribution in [3.05, 3.63) is 23.8 Å². The Hall–Kier alpha value is -2.12. The molecular weight excluding hydrogens is 313 g/mol. The van der Waals surface area contributed by atoms with Gasteiger partial charge in [-0.1, -0.05) is 0 Å². The van der Waals surface area contributed by atoms with E-state index in [9.17, 15) is 18.0 Å². The lowest BCUT2D eigenvalue weighted by molar-refractivity contribution is -0.153. The van der Waals surface area contributed by atoms with E-state index in [4.69, 9.17) is 15.2 Å². The molecule has 23 heavy (non-hydrogen) atoms. The second-order valence-corrected chi connectivity index (χ2v) is 6.11. The van der Waals surface area contributed by atoms with Gasteiger partial charge < -0.3 is 20.1 Å². The molecule has 0 heterocycles. The standard InChI is InChI=1S/C15H21F3N2O3/c1-14(2,3)23-13(21)20(4)8-10-7-11(19)5-6-12(10)22-9-15(16,17)18/h5-7H,8-9,19H2,1-4H3. The Morgan fingerprint density at radius 2 is 1.87 bits per heavy atom. The topological polar surface area (TPSA) is 64.8 Å². The van der Waals surface area contributed by atoms with E-state index in [2.05, 4.69) is 0 Å². The van der Waals surface area contributed by atoms with E-state index in [1.807, 2.05) is 0 Å². The molecule has 2 N–H and O–H groups in total. The summed E-state index contributed by atoms with van der Waals surface area (Å²) in [6.07, 6.45) is -5.04. The molecule has 0 unspecified atom stereocenters. The van der Waals surface area contributed by atoms with Crippen molar-refractivity contribution in [2.24, 2.45) is 0 Å². The van der Waals surface area contributed by atoms with Gasteiger partial charge in [0.1, 0.15) is 11.4 Å². The number of halogens is 3. The van der Waals surface area contributed by atoms with E-state index < -0.39 is 24.5 Å². The number of benzene rings is 1. The van der Waals surface area contributed by atoms with Crippen molar-refractivity contribution in [3.63, 3.8) is 0 Å². The lowest BCUT2D eigenvalue weighted by Crippen LogP contribution is -2.34. The van der Waals surface area contributed by atoms with E-state index >= 15 is 0 Å². The van der Waals surface area contributed by atoms with Gasteiger partial charge in [0.2, 0.25) is 0 Å². The summed E-state index contributed by atoms with van der Waals surface area (Å²) in [5.74, 6) is 0.0203. The zero-order valence-electron chi connectivity index (χ0n) is 13.5. The summed E-state index contributed by atoms with van der Waals surface area (Å²) in [5.41, 5.74) is 5.70. The Kier molecular flexibility index (Phi) is 5.74. The van der Waals surface area contributed by atoms with Crippen LogP contribution in [-0.2, 0) is 11.3 Å². The van der Waals surface area contributed by atoms with Crippen molar-refractivity contribution in [1.29, 1.82) is 0 Å². The van der Waals surface area contributed by atoms with Crippen LogP contribution in [-0.4, -0.2) is 36.4 Å². The summed E-state index contributed by atoms with van der Waals surface area (Å²) in [6, 6.07) is 4.24. The molecule has 1 aromatic carbocycles. The largest absolute Gasteiger partial charge is 0.484 e. The first-order valence-electron chi connectivity index (χ1n) is 6.89. The van der Waals surface area contributed by atoms with Crippen molar-refractivity contribution in [2.45, 2.75) is 39.1 Å². The van der Waals surface area contributed by atoms with Gasteiger partial charge in [-0.3, -0.25) is 0 Å². The zero-order valence-corrected chi connectivity index (χ0v) is 13.5. The summed E-state index contributed by atoms with van der Waals surface area (Å²) in [6.45, 7) is 3.75. The van der Waals surface area contributed by atoms with Gasteiger partial charge >= 0.3 is 12.3 Å². The van der Waals surface area contributed by atoms with Crippen molar-refractivity contribution in [3.8, 4) is 5.75 Å². The van der Waals surface area contributed by atoms with Gasteiger partial charge in [0.15, 0.2) is 6.61 Å². The SMILES string of the molecule is CN(Cc1cc(N)ccc1OCC(F)(F)F)C(=O)OC(C)(C)C. The molecule has 0 spiro atoms. The van der Waals surface area contributed by atoms with Gasteiger partial charge in [0.25, 0.3) is 0 Å². The molecular formula is C15H21F3N2O3. The Balaban J connectivity index is 2.85. The molecule has 8 heteroatoms. The monoisotopic (exact) mass is 334 g/mol. The first kappa shape index (κ1) is 18.9. The van der Waals surface area contributed by atoms with Crippen LogP contribution in [0.25, 0.3) is 0 Å². The quantitative estimate of drug-likeness (QED) is 0.855. The number of hydrogen-bond acceptors (Lipinski definition) is 4. The molecule has 0 radical (unpaired) electrons. The molecule has 0 aromatic heterocycles. The highest BCUT2D eigenvalue weighted by Gasteiger charge is 2.29. The predicted molar refractivity (Wildman–Crippen MR) is 80.1 cm³/mol. The maximum atomic E-state index is 12.3. The number of rotatable bonds is 4. The van der Waals surface area contributed by atoms with Crippen molar-refractivity contribution < 1.29 is 27.4 Å². The minimum atomic E-state index is -4.45. The van der Waals surface area contributed by atoms with E-state index in [1.54, 1.807) is 20.8 Å². The minimum absolute atomic E-state index is 0.00709. The third kappa shape index (κ3) is 7.12. The third-order valence-corrected chi connectivity index (χ3v) is 2.59. The van der Waals surface area contributed by atoms with E-state index in [0.29, 0.717) is 11.3 Å². The van der Waals surface area contributed by atoms with Crippen molar-refractivity contribution in [2.75, 3.05) is 19.4 Å². The van der Waals surface area contributed by atoms with Gasteiger partial charge in [-0.2, -0.15) is 13.2 Å². The second-order valence-electron chi connectivity index (χ2n) is 6.11. The maximum Gasteiger partial charge on any atom is 0.422 e. The fourth-order valence-corrected chi connectivity index (χ4v) is 1.68. The lowest BCUT2D eigenvalue weighted by Gasteiger charge is -2.25. The Labute approximate surface area is 133 Å². The minimum Gasteiger partial charge on any atom is -0.484 e. The molecule has 1 aromatic rings. The number of ether oxygens (including phenoxy) is 2. The average Bonchev–Trinajstić information content (AvgIpc) is 2.34. The molecule has 0 saturated carbocycles. The molecule has 0 aliphatic rings. The van der Waals surface area contributed by atoms with Gasteiger partial charge in [-0.25, -0.2) is 4.79 Å². The molecule has 130 valence electrons. The summed E-state index contributed by atoms with van der Waals surface area (Å²) in [7, 11) is 1.48. The van der Waals surface area contributed by atoms with Crippen LogP contribution in [0.1, 0.15) is 26.3 Å². The van der Waals surface area contributed by atoms with Crippen LogP contribution in [0, 0.1) is 0 Å². The fourth-order valence-electron chi connectivity index (χ4n) is 1.68. The predicted octanol–water partition coefficient (Wildman–Crippen LogP) is 3.58. The number of nitrogens with two attached hydrogens (primary N) is 1. The van der Waals surface area contributed by atoms with Crippen LogP contribution in [0.3, 0.4) is 0 Å². The van der Waals surface area contributed by atoms with Crippen LogP contribution in [0.2, 0.25) is 0 Å². The highest BCUT2D eigenvalue weighted by Crippen LogP contribution is 2.26. The first-order chi connectivity index (χ1) is 10.4. The van der Waals surface area contributed by atoms with Crippen molar-refractivity contribution in [1.82, 2.24) is 4.90 Å². The summed E-state index contributed by atoms with van der Waals surface area (Å²) >= 11 is 0. The molecule has 5 nitrogen and oxygen atoms in total. The number of anilines is 1. The molecule has 0 aliphatic carbocycles. The molecule has 0 bridgehead atoms. The van der Waals surface area contributed by atoms with Gasteiger partial charge in [0.05, 0.1) is 6.54 Å². The maximum absolute atomic E-state index is 12.3. The molecule has 1 amide bonds. The highest BCUT2D eigenvalue weighted by molar-refractivity contribution is 5.68. The Morgan fingerprint density at radius 1 is 1.26 bits per heavy atom. The lowest BCUT2D eigenvalue weighted by atomic mass is 10.1. The number of amides is 1. The number of alkyl halides is 3. The number of nitrogen functional groups attached to an aromatic ring is 1. The Morgan fingerprint density at radius 3 is 2.39 bits per heavy atom. The highest BCUT2D eigenvalue weighted by atomic mass is 19.4. The molecule has 1 rings (SSSR count). The molecule has 0 atom stereocenters. The number of carbonyl (C=O) groups is 1. The third-order valence-electron chi connectivity index (χ3n) is 2.59. The van der Waals surface area contributed by atoms with Crippen LogP contribution in [0.5, 0.6) is 5.75 Å². The summed E-state index contributed by atoms with van der Waals surface area (Å²) in [4.78, 5) is 13.2. The zero-order chi connectivity index (χ0) is 17.8. The Bertz CT molecular complexity index is 554. The molecule has 0 fully saturated rings. The fraction of sp³-hybridized carbons (Fsp3) is 0.533. The van der Waals surface area contributed by atoms with E-state index in [1.165, 1.54) is 30.1 Å². The number of hydrogen-bond donors (Lipinski definition) is 1. The number of nitrogens with zero attached hydrogens (tertiary/aromatic N) is 1. The van der Waals surface area contributed by atoms with Crippen LogP contribution < -0.4 is 10.5 Å². The van der Waals surface area contributed by atoms with Gasteiger partial charge in [-0.15, -0.1) is 0 Å². The van der Waals surface area contributed by atoms with Crippen LogP contribution >= 0.6 is 0 Å². The van der Waals surface area contributed by atoms with Crippen LogP contribution in [0.15, 0.2) is 18.2 Å². The first-order valence-corrected chi connectivity index (χ1v) is 6.89. The van der Waals surface area contributed by atoms with Gasteiger partial charge in [-0.05, 0) is 39.0 Å². The van der Waals surface area contributed by atoms with Crippen LogP contribution in [0.4, 0.5) is 23.7 Å². The smallest absolute Gasteiger partial charge is 0.422 e. The van der Waals surface area contributed by atoms with Crippen molar-refractivity contribution >= 4 is 11.8 Å². The second kappa shape index (κ2) is 6.97. The summed E-state index contributed by atoms with van der Waals surface area (Å²) < 4.78 is 46.9. The van der Waals surface area contributed by atoms with E-state index in [-0.39, 0.29) is 12.3 Å². The summed E-state index contributed by atoms with van der Waals surface area (Å²) in [5, 5.41) is 0. The normalized spacial score (nSPS) is 12.0. The number of carbonyl (C=O) groups excluding carboxylic acids is 1. The van der Waals surface area contributed by atoms with E-state index in [0.717, 1.165) is 0 Å². The molecule has 0 aliphatic heterocycles. The van der Waals surface area contributed by atoms with Gasteiger partial charge in [0, 0.05) is 18.3 Å².